The van der Waals surface area contributed by atoms with Crippen molar-refractivity contribution in [3.63, 3.8) is 0 Å². The Hall–Kier alpha value is -3.44. The Balaban J connectivity index is 1.47. The van der Waals surface area contributed by atoms with Gasteiger partial charge in [0.25, 0.3) is 11.8 Å². The van der Waals surface area contributed by atoms with Crippen LogP contribution >= 0.6 is 0 Å². The molecule has 3 aromatic rings. The Labute approximate surface area is 168 Å². The summed E-state index contributed by atoms with van der Waals surface area (Å²) in [5.74, 6) is -0.0763. The fourth-order valence-electron chi connectivity index (χ4n) is 3.32. The molecule has 1 saturated heterocycles. The average Bonchev–Trinajstić information content (AvgIpc) is 3.35. The number of carbonyl (C=O) groups excluding carboxylic acids is 1. The monoisotopic (exact) mass is 422 g/mol. The summed E-state index contributed by atoms with van der Waals surface area (Å²) in [6.07, 6.45) is -1.67. The fourth-order valence-corrected chi connectivity index (χ4v) is 3.32. The first kappa shape index (κ1) is 19.9. The molecule has 1 atom stereocenters. The molecular formula is C18H17F3N6O3. The van der Waals surface area contributed by atoms with Crippen LogP contribution in [0.15, 0.2) is 35.0 Å². The second kappa shape index (κ2) is 7.76. The maximum absolute atomic E-state index is 12.8. The molecule has 2 aromatic heterocycles. The van der Waals surface area contributed by atoms with Crippen LogP contribution < -0.4 is 4.74 Å². The van der Waals surface area contributed by atoms with Gasteiger partial charge in [-0.3, -0.25) is 4.79 Å². The predicted octanol–water partition coefficient (Wildman–Crippen LogP) is 3.01. The number of ether oxygens (including phenoxy) is 1. The first-order chi connectivity index (χ1) is 14.3. The van der Waals surface area contributed by atoms with Crippen LogP contribution in [-0.2, 0) is 0 Å². The van der Waals surface area contributed by atoms with E-state index in [4.69, 9.17) is 4.52 Å². The third kappa shape index (κ3) is 4.42. The molecule has 30 heavy (non-hydrogen) atoms. The quantitative estimate of drug-likeness (QED) is 0.637. The summed E-state index contributed by atoms with van der Waals surface area (Å²) >= 11 is 0. The molecule has 0 aliphatic carbocycles. The molecule has 12 heteroatoms. The van der Waals surface area contributed by atoms with Gasteiger partial charge in [0.1, 0.15) is 5.75 Å². The summed E-state index contributed by atoms with van der Waals surface area (Å²) < 4.78 is 48.0. The molecule has 9 nitrogen and oxygen atoms in total. The number of rotatable bonds is 4. The van der Waals surface area contributed by atoms with Gasteiger partial charge in [-0.05, 0) is 38.0 Å². The topological polar surface area (TPSA) is 99.2 Å². The molecule has 3 heterocycles. The smallest absolute Gasteiger partial charge is 0.406 e. The standard InChI is InChI=1S/C18H17F3N6O3/c1-11-22-16(30-24-11)15-10-27(25-23-15)13-5-3-7-26(9-13)17(28)12-4-2-6-14(8-12)29-18(19,20)21/h2,4,6,8,10,13H,3,5,7,9H2,1H3/t13-/m0/s1. The van der Waals surface area contributed by atoms with Gasteiger partial charge < -0.3 is 14.2 Å². The first-order valence-electron chi connectivity index (χ1n) is 9.16. The van der Waals surface area contributed by atoms with E-state index in [2.05, 4.69) is 25.2 Å². The highest BCUT2D eigenvalue weighted by Crippen LogP contribution is 2.26. The van der Waals surface area contributed by atoms with Crippen molar-refractivity contribution in [2.24, 2.45) is 0 Å². The molecule has 0 saturated carbocycles. The van der Waals surface area contributed by atoms with Crippen LogP contribution in [-0.4, -0.2) is 55.4 Å². The number of amides is 1. The van der Waals surface area contributed by atoms with Gasteiger partial charge in [-0.1, -0.05) is 16.4 Å². The van der Waals surface area contributed by atoms with E-state index in [0.717, 1.165) is 18.6 Å². The molecule has 4 rings (SSSR count). The van der Waals surface area contributed by atoms with E-state index in [0.29, 0.717) is 31.0 Å². The Morgan fingerprint density at radius 2 is 2.17 bits per heavy atom. The maximum Gasteiger partial charge on any atom is 0.573 e. The van der Waals surface area contributed by atoms with E-state index < -0.39 is 12.1 Å². The van der Waals surface area contributed by atoms with Crippen LogP contribution in [0.5, 0.6) is 5.75 Å². The van der Waals surface area contributed by atoms with Crippen molar-refractivity contribution >= 4 is 5.91 Å². The number of aryl methyl sites for hydroxylation is 1. The number of aromatic nitrogens is 5. The number of halogens is 3. The van der Waals surface area contributed by atoms with Crippen molar-refractivity contribution in [2.45, 2.75) is 32.2 Å². The van der Waals surface area contributed by atoms with Crippen LogP contribution in [0.25, 0.3) is 11.6 Å². The predicted molar refractivity (Wildman–Crippen MR) is 95.4 cm³/mol. The maximum atomic E-state index is 12.8. The number of alkyl halides is 3. The van der Waals surface area contributed by atoms with E-state index in [1.54, 1.807) is 22.7 Å². The molecule has 0 N–H and O–H groups in total. The number of benzene rings is 1. The fraction of sp³-hybridized carbons (Fsp3) is 0.389. The molecule has 0 unspecified atom stereocenters. The number of hydrogen-bond donors (Lipinski definition) is 0. The lowest BCUT2D eigenvalue weighted by molar-refractivity contribution is -0.274. The van der Waals surface area contributed by atoms with Gasteiger partial charge in [-0.15, -0.1) is 18.3 Å². The lowest BCUT2D eigenvalue weighted by atomic mass is 10.0. The summed E-state index contributed by atoms with van der Waals surface area (Å²) in [6.45, 7) is 2.52. The van der Waals surface area contributed by atoms with Gasteiger partial charge in [0, 0.05) is 18.7 Å². The van der Waals surface area contributed by atoms with E-state index in [-0.39, 0.29) is 23.4 Å². The van der Waals surface area contributed by atoms with Crippen molar-refractivity contribution in [3.8, 4) is 17.3 Å². The third-order valence-corrected chi connectivity index (χ3v) is 4.63. The normalized spacial score (nSPS) is 17.2. The highest BCUT2D eigenvalue weighted by molar-refractivity contribution is 5.94. The molecule has 1 aliphatic heterocycles. The SMILES string of the molecule is Cc1noc(-c2cn([C@H]3CCCN(C(=O)c4cccc(OC(F)(F)F)c4)C3)nn2)n1. The summed E-state index contributed by atoms with van der Waals surface area (Å²) in [5.41, 5.74) is 0.550. The van der Waals surface area contributed by atoms with Crippen LogP contribution in [0.4, 0.5) is 13.2 Å². The summed E-state index contributed by atoms with van der Waals surface area (Å²) in [4.78, 5) is 18.5. The highest BCUT2D eigenvalue weighted by atomic mass is 19.4. The van der Waals surface area contributed by atoms with E-state index in [1.165, 1.54) is 12.1 Å². The van der Waals surface area contributed by atoms with Crippen molar-refractivity contribution in [2.75, 3.05) is 13.1 Å². The zero-order valence-corrected chi connectivity index (χ0v) is 15.8. The number of piperidine rings is 1. The molecule has 1 fully saturated rings. The third-order valence-electron chi connectivity index (χ3n) is 4.63. The zero-order chi connectivity index (χ0) is 21.3. The Morgan fingerprint density at radius 1 is 1.33 bits per heavy atom. The van der Waals surface area contributed by atoms with Crippen molar-refractivity contribution in [1.29, 1.82) is 0 Å². The van der Waals surface area contributed by atoms with Gasteiger partial charge in [-0.2, -0.15) is 4.98 Å². The zero-order valence-electron chi connectivity index (χ0n) is 15.8. The Bertz CT molecular complexity index is 1050. The second-order valence-electron chi connectivity index (χ2n) is 6.85. The number of nitrogens with zero attached hydrogens (tertiary/aromatic N) is 6. The highest BCUT2D eigenvalue weighted by Gasteiger charge is 2.32. The molecule has 158 valence electrons. The van der Waals surface area contributed by atoms with Crippen molar-refractivity contribution in [3.05, 3.63) is 41.9 Å². The van der Waals surface area contributed by atoms with Gasteiger partial charge >= 0.3 is 6.36 Å². The van der Waals surface area contributed by atoms with Gasteiger partial charge in [-0.25, -0.2) is 4.68 Å². The second-order valence-corrected chi connectivity index (χ2v) is 6.85. The largest absolute Gasteiger partial charge is 0.573 e. The van der Waals surface area contributed by atoms with E-state index in [1.807, 2.05) is 0 Å². The molecule has 1 amide bonds. The Morgan fingerprint density at radius 3 is 2.90 bits per heavy atom. The summed E-state index contributed by atoms with van der Waals surface area (Å²) in [5, 5.41) is 11.9. The van der Waals surface area contributed by atoms with Crippen LogP contribution in [0, 0.1) is 6.92 Å². The lowest BCUT2D eigenvalue weighted by Gasteiger charge is -2.32. The molecule has 0 radical (unpaired) electrons. The molecule has 0 bridgehead atoms. The van der Waals surface area contributed by atoms with Gasteiger partial charge in [0.15, 0.2) is 11.5 Å². The minimum atomic E-state index is -4.82. The Kier molecular flexibility index (Phi) is 5.14. The minimum absolute atomic E-state index is 0.123. The summed E-state index contributed by atoms with van der Waals surface area (Å²) in [6, 6.07) is 4.92. The minimum Gasteiger partial charge on any atom is -0.406 e. The molecule has 1 aliphatic rings. The number of hydrogen-bond acceptors (Lipinski definition) is 7. The van der Waals surface area contributed by atoms with E-state index in [9.17, 15) is 18.0 Å². The molecule has 0 spiro atoms. The van der Waals surface area contributed by atoms with E-state index >= 15 is 0 Å². The van der Waals surface area contributed by atoms with Crippen molar-refractivity contribution in [1.82, 2.24) is 30.0 Å². The summed E-state index contributed by atoms with van der Waals surface area (Å²) in [7, 11) is 0. The van der Waals surface area contributed by atoms with Crippen LogP contribution in [0.2, 0.25) is 0 Å². The molecule has 1 aromatic carbocycles. The van der Waals surface area contributed by atoms with Gasteiger partial charge in [0.05, 0.1) is 12.2 Å². The number of carbonyl (C=O) groups is 1. The average molecular weight is 422 g/mol. The van der Waals surface area contributed by atoms with Gasteiger partial charge in [0.2, 0.25) is 0 Å². The van der Waals surface area contributed by atoms with Crippen molar-refractivity contribution < 1.29 is 27.2 Å². The lowest BCUT2D eigenvalue weighted by Crippen LogP contribution is -2.40. The van der Waals surface area contributed by atoms with Crippen LogP contribution in [0.3, 0.4) is 0 Å². The first-order valence-corrected chi connectivity index (χ1v) is 9.16. The number of likely N-dealkylation sites (tertiary alicyclic amines) is 1. The molecular weight excluding hydrogens is 405 g/mol. The van der Waals surface area contributed by atoms with Crippen LogP contribution in [0.1, 0.15) is 35.1 Å².